The molecule has 0 saturated carbocycles. The van der Waals surface area contributed by atoms with Crippen LogP contribution < -0.4 is 10.6 Å². The Morgan fingerprint density at radius 2 is 1.94 bits per heavy atom. The fourth-order valence-corrected chi connectivity index (χ4v) is 3.69. The Morgan fingerprint density at radius 3 is 2.62 bits per heavy atom. The number of hydrogen-bond donors (Lipinski definition) is 2. The molecule has 0 aliphatic carbocycles. The van der Waals surface area contributed by atoms with Crippen LogP contribution in [0.2, 0.25) is 10.2 Å². The maximum Gasteiger partial charge on any atom is 0.311 e. The van der Waals surface area contributed by atoms with Gasteiger partial charge in [0.15, 0.2) is 5.13 Å². The van der Waals surface area contributed by atoms with E-state index in [0.29, 0.717) is 43.1 Å². The first kappa shape index (κ1) is 23.9. The summed E-state index contributed by atoms with van der Waals surface area (Å²) in [7, 11) is 0. The van der Waals surface area contributed by atoms with Crippen molar-refractivity contribution in [2.45, 2.75) is 34.3 Å². The van der Waals surface area contributed by atoms with E-state index in [1.54, 1.807) is 52.0 Å². The van der Waals surface area contributed by atoms with E-state index in [1.165, 1.54) is 6.20 Å². The number of benzene rings is 1. The molecule has 0 unspecified atom stereocenters. The minimum atomic E-state index is -0.638. The maximum atomic E-state index is 12.8. The van der Waals surface area contributed by atoms with Gasteiger partial charge in [0.05, 0.1) is 22.3 Å². The minimum Gasteiger partial charge on any atom is -0.460 e. The van der Waals surface area contributed by atoms with E-state index in [1.807, 2.05) is 0 Å². The Kier molecular flexibility index (Phi) is 7.33. The number of anilines is 3. The molecular weight excluding hydrogens is 473 g/mol. The number of nitrogens with one attached hydrogen (secondary N) is 2. The van der Waals surface area contributed by atoms with Crippen molar-refractivity contribution >= 4 is 63.1 Å². The topological polar surface area (TPSA) is 106 Å². The van der Waals surface area contributed by atoms with Crippen LogP contribution in [0, 0.1) is 12.3 Å². The quantitative estimate of drug-likeness (QED) is 0.338. The number of nitrogens with zero attached hydrogens (tertiary/aromatic N) is 3. The second-order valence-electron chi connectivity index (χ2n) is 7.83. The lowest BCUT2D eigenvalue weighted by Crippen LogP contribution is -2.23. The molecule has 0 aliphatic rings. The molecule has 3 rings (SSSR count). The average molecular weight is 494 g/mol. The van der Waals surface area contributed by atoms with Crippen LogP contribution in [0.4, 0.5) is 16.6 Å². The standard InChI is InChI=1S/C21H21Cl2N5O3S/c1-11-25-15(23)8-16(26-11)27-20-24-9-14(32-20)18(29)28-17-12(6-5-7-13(17)22)10-31-19(30)21(2,3)4/h5-9H,10H2,1-4H3,(H,28,29)(H,24,25,26,27). The summed E-state index contributed by atoms with van der Waals surface area (Å²) in [6.07, 6.45) is 1.44. The van der Waals surface area contributed by atoms with Gasteiger partial charge in [-0.3, -0.25) is 9.59 Å². The molecule has 0 atom stereocenters. The van der Waals surface area contributed by atoms with Crippen LogP contribution in [0.1, 0.15) is 41.8 Å². The Bertz CT molecular complexity index is 1140. The molecule has 0 fully saturated rings. The highest BCUT2D eigenvalue weighted by Gasteiger charge is 2.24. The number of thiazole rings is 1. The first-order valence-corrected chi connectivity index (χ1v) is 11.1. The number of carbonyl (C=O) groups is 2. The lowest BCUT2D eigenvalue weighted by molar-refractivity contribution is -0.154. The van der Waals surface area contributed by atoms with Crippen LogP contribution in [0.3, 0.4) is 0 Å². The van der Waals surface area contributed by atoms with Gasteiger partial charge in [0.2, 0.25) is 0 Å². The number of amides is 1. The summed E-state index contributed by atoms with van der Waals surface area (Å²) in [4.78, 5) is 37.7. The van der Waals surface area contributed by atoms with E-state index < -0.39 is 11.3 Å². The van der Waals surface area contributed by atoms with Gasteiger partial charge in [0.1, 0.15) is 28.3 Å². The molecule has 2 N–H and O–H groups in total. The minimum absolute atomic E-state index is 0.0183. The van der Waals surface area contributed by atoms with Gasteiger partial charge in [-0.15, -0.1) is 0 Å². The van der Waals surface area contributed by atoms with Gasteiger partial charge >= 0.3 is 5.97 Å². The lowest BCUT2D eigenvalue weighted by atomic mass is 9.97. The van der Waals surface area contributed by atoms with Crippen molar-refractivity contribution in [1.82, 2.24) is 15.0 Å². The number of esters is 1. The number of carbonyl (C=O) groups excluding carboxylic acids is 2. The first-order chi connectivity index (χ1) is 15.0. The summed E-state index contributed by atoms with van der Waals surface area (Å²) in [5, 5.41) is 6.88. The van der Waals surface area contributed by atoms with E-state index in [4.69, 9.17) is 27.9 Å². The fourth-order valence-electron chi connectivity index (χ4n) is 2.51. The van der Waals surface area contributed by atoms with Gasteiger partial charge in [0.25, 0.3) is 5.91 Å². The SMILES string of the molecule is Cc1nc(Cl)cc(Nc2ncc(C(=O)Nc3c(Cl)cccc3COC(=O)C(C)(C)C)s2)n1. The van der Waals surface area contributed by atoms with Gasteiger partial charge in [-0.1, -0.05) is 46.7 Å². The van der Waals surface area contributed by atoms with Gasteiger partial charge in [-0.05, 0) is 33.8 Å². The molecule has 0 bridgehead atoms. The van der Waals surface area contributed by atoms with E-state index in [-0.39, 0.29) is 12.6 Å². The number of aromatic nitrogens is 3. The van der Waals surface area contributed by atoms with E-state index in [2.05, 4.69) is 25.6 Å². The van der Waals surface area contributed by atoms with Crippen molar-refractivity contribution in [3.8, 4) is 0 Å². The zero-order chi connectivity index (χ0) is 23.5. The van der Waals surface area contributed by atoms with Crippen LogP contribution in [0.15, 0.2) is 30.5 Å². The fraction of sp³-hybridized carbons (Fsp3) is 0.286. The van der Waals surface area contributed by atoms with Crippen molar-refractivity contribution in [3.63, 3.8) is 0 Å². The van der Waals surface area contributed by atoms with Crippen molar-refractivity contribution in [1.29, 1.82) is 0 Å². The summed E-state index contributed by atoms with van der Waals surface area (Å²) < 4.78 is 5.37. The van der Waals surface area contributed by atoms with E-state index in [9.17, 15) is 9.59 Å². The van der Waals surface area contributed by atoms with E-state index >= 15 is 0 Å². The van der Waals surface area contributed by atoms with Gasteiger partial charge in [-0.25, -0.2) is 15.0 Å². The zero-order valence-electron chi connectivity index (χ0n) is 17.8. The molecule has 3 aromatic rings. The van der Waals surface area contributed by atoms with Crippen LogP contribution in [-0.2, 0) is 16.1 Å². The maximum absolute atomic E-state index is 12.8. The average Bonchev–Trinajstić information content (AvgIpc) is 3.15. The Labute approximate surface area is 199 Å². The van der Waals surface area contributed by atoms with Crippen LogP contribution in [0.5, 0.6) is 0 Å². The number of halogens is 2. The first-order valence-electron chi connectivity index (χ1n) is 9.53. The van der Waals surface area contributed by atoms with Crippen molar-refractivity contribution in [2.75, 3.05) is 10.6 Å². The summed E-state index contributed by atoms with van der Waals surface area (Å²) in [5.74, 6) is 0.225. The Hall–Kier alpha value is -2.75. The summed E-state index contributed by atoms with van der Waals surface area (Å²) in [6, 6.07) is 6.66. The molecular formula is C21H21Cl2N5O3S. The smallest absolute Gasteiger partial charge is 0.311 e. The lowest BCUT2D eigenvalue weighted by Gasteiger charge is -2.18. The number of rotatable bonds is 6. The van der Waals surface area contributed by atoms with Crippen molar-refractivity contribution in [3.05, 3.63) is 56.9 Å². The molecule has 32 heavy (non-hydrogen) atoms. The number of ether oxygens (including phenoxy) is 1. The number of aryl methyl sites for hydroxylation is 1. The van der Waals surface area contributed by atoms with Crippen LogP contribution in [-0.4, -0.2) is 26.8 Å². The van der Waals surface area contributed by atoms with E-state index in [0.717, 1.165) is 11.3 Å². The molecule has 11 heteroatoms. The third-order valence-electron chi connectivity index (χ3n) is 4.08. The molecule has 0 radical (unpaired) electrons. The van der Waals surface area contributed by atoms with Gasteiger partial charge in [0, 0.05) is 11.6 Å². The largest absolute Gasteiger partial charge is 0.460 e. The van der Waals surface area contributed by atoms with Gasteiger partial charge < -0.3 is 15.4 Å². The molecule has 0 aliphatic heterocycles. The predicted molar refractivity (Wildman–Crippen MR) is 126 cm³/mol. The normalized spacial score (nSPS) is 11.2. The van der Waals surface area contributed by atoms with Crippen molar-refractivity contribution in [2.24, 2.45) is 5.41 Å². The van der Waals surface area contributed by atoms with Gasteiger partial charge in [-0.2, -0.15) is 0 Å². The summed E-state index contributed by atoms with van der Waals surface area (Å²) in [5.41, 5.74) is 0.319. The molecule has 1 aromatic carbocycles. The molecule has 0 spiro atoms. The molecule has 2 heterocycles. The highest BCUT2D eigenvalue weighted by Crippen LogP contribution is 2.29. The summed E-state index contributed by atoms with van der Waals surface area (Å²) in [6.45, 7) is 7.00. The van der Waals surface area contributed by atoms with Crippen LogP contribution >= 0.6 is 34.5 Å². The highest BCUT2D eigenvalue weighted by molar-refractivity contribution is 7.17. The number of para-hydroxylation sites is 1. The molecule has 2 aromatic heterocycles. The second-order valence-corrected chi connectivity index (χ2v) is 9.66. The predicted octanol–water partition coefficient (Wildman–Crippen LogP) is 5.63. The van der Waals surface area contributed by atoms with Crippen molar-refractivity contribution < 1.29 is 14.3 Å². The zero-order valence-corrected chi connectivity index (χ0v) is 20.2. The molecule has 0 saturated heterocycles. The summed E-state index contributed by atoms with van der Waals surface area (Å²) >= 11 is 13.4. The second kappa shape index (κ2) is 9.81. The third-order valence-corrected chi connectivity index (χ3v) is 5.50. The Morgan fingerprint density at radius 1 is 1.19 bits per heavy atom. The monoisotopic (exact) mass is 493 g/mol. The molecule has 168 valence electrons. The molecule has 1 amide bonds. The van der Waals surface area contributed by atoms with Crippen LogP contribution in [0.25, 0.3) is 0 Å². The molecule has 8 nitrogen and oxygen atoms in total. The Balaban J connectivity index is 1.73. The number of hydrogen-bond acceptors (Lipinski definition) is 8. The third kappa shape index (κ3) is 6.15. The highest BCUT2D eigenvalue weighted by atomic mass is 35.5.